The van der Waals surface area contributed by atoms with E-state index in [9.17, 15) is 15.2 Å². The fraction of sp³-hybridized carbons (Fsp3) is 0.545. The van der Waals surface area contributed by atoms with Crippen molar-refractivity contribution in [1.82, 2.24) is 4.98 Å². The molecule has 1 saturated carbocycles. The summed E-state index contributed by atoms with van der Waals surface area (Å²) in [5.41, 5.74) is -0.0861. The lowest BCUT2D eigenvalue weighted by atomic mass is 10.2. The van der Waals surface area contributed by atoms with E-state index in [1.165, 1.54) is 6.07 Å². The van der Waals surface area contributed by atoms with Gasteiger partial charge in [0, 0.05) is 19.7 Å². The van der Waals surface area contributed by atoms with Gasteiger partial charge in [0.25, 0.3) is 0 Å². The molecule has 0 aromatic carbocycles. The summed E-state index contributed by atoms with van der Waals surface area (Å²) in [6.45, 7) is 0.283. The number of aromatic nitrogens is 1. The molecule has 98 valence electrons. The average Bonchev–Trinajstić information content (AvgIpc) is 3.19. The summed E-state index contributed by atoms with van der Waals surface area (Å²) >= 11 is 0. The number of hydrogen-bond donors (Lipinski definition) is 3. The topological polar surface area (TPSA) is 100 Å². The molecule has 1 aliphatic carbocycles. The normalized spacial score (nSPS) is 16.1. The number of pyridine rings is 1. The molecule has 0 spiro atoms. The highest BCUT2D eigenvalue weighted by Gasteiger charge is 2.30. The summed E-state index contributed by atoms with van der Waals surface area (Å²) in [7, 11) is 1.69. The first-order valence-corrected chi connectivity index (χ1v) is 5.87. The van der Waals surface area contributed by atoms with E-state index in [4.69, 9.17) is 0 Å². The zero-order valence-corrected chi connectivity index (χ0v) is 10.1. The van der Waals surface area contributed by atoms with Crippen molar-refractivity contribution in [2.45, 2.75) is 18.9 Å². The summed E-state index contributed by atoms with van der Waals surface area (Å²) in [5, 5.41) is 26.3. The van der Waals surface area contributed by atoms with Crippen molar-refractivity contribution in [1.29, 1.82) is 0 Å². The van der Waals surface area contributed by atoms with Crippen LogP contribution >= 0.6 is 0 Å². The third-order valence-corrected chi connectivity index (χ3v) is 2.97. The molecule has 0 amide bonds. The lowest BCUT2D eigenvalue weighted by Gasteiger charge is -2.12. The van der Waals surface area contributed by atoms with Gasteiger partial charge < -0.3 is 15.7 Å². The van der Waals surface area contributed by atoms with Crippen LogP contribution in [0.3, 0.4) is 0 Å². The van der Waals surface area contributed by atoms with Gasteiger partial charge in [-0.1, -0.05) is 0 Å². The highest BCUT2D eigenvalue weighted by Crippen LogP contribution is 2.33. The van der Waals surface area contributed by atoms with Crippen molar-refractivity contribution in [2.75, 3.05) is 24.2 Å². The molecule has 2 rings (SSSR count). The summed E-state index contributed by atoms with van der Waals surface area (Å²) < 4.78 is 0. The number of rotatable bonds is 6. The van der Waals surface area contributed by atoms with E-state index in [1.807, 2.05) is 0 Å². The number of nitrogens with one attached hydrogen (secondary N) is 2. The third kappa shape index (κ3) is 2.86. The first-order valence-electron chi connectivity index (χ1n) is 5.87. The van der Waals surface area contributed by atoms with E-state index in [2.05, 4.69) is 15.6 Å². The predicted molar refractivity (Wildman–Crippen MR) is 67.7 cm³/mol. The summed E-state index contributed by atoms with van der Waals surface area (Å²) in [6, 6.07) is 2.94. The van der Waals surface area contributed by atoms with Crippen LogP contribution in [0, 0.1) is 16.0 Å². The standard InChI is InChI=1S/C11H16N4O3/c1-12-10-5-4-8(15(17)18)11(14-10)13-6-9(16)7-2-3-7/h4-5,7,9,16H,2-3,6H2,1H3,(H2,12,13,14). The van der Waals surface area contributed by atoms with Crippen LogP contribution in [0.2, 0.25) is 0 Å². The van der Waals surface area contributed by atoms with Gasteiger partial charge in [0.05, 0.1) is 11.0 Å². The van der Waals surface area contributed by atoms with Gasteiger partial charge >= 0.3 is 5.69 Å². The quantitative estimate of drug-likeness (QED) is 0.520. The highest BCUT2D eigenvalue weighted by atomic mass is 16.6. The fourth-order valence-electron chi connectivity index (χ4n) is 1.72. The number of nitrogens with zero attached hydrogens (tertiary/aromatic N) is 2. The number of hydrogen-bond acceptors (Lipinski definition) is 6. The Kier molecular flexibility index (Phi) is 3.61. The maximum Gasteiger partial charge on any atom is 0.311 e. The molecule has 1 atom stereocenters. The van der Waals surface area contributed by atoms with Crippen LogP contribution in [0.4, 0.5) is 17.3 Å². The number of anilines is 2. The predicted octanol–water partition coefficient (Wildman–Crippen LogP) is 1.21. The maximum absolute atomic E-state index is 10.9. The minimum Gasteiger partial charge on any atom is -0.391 e. The van der Waals surface area contributed by atoms with E-state index in [0.717, 1.165) is 12.8 Å². The lowest BCUT2D eigenvalue weighted by molar-refractivity contribution is -0.384. The third-order valence-electron chi connectivity index (χ3n) is 2.97. The molecule has 7 nitrogen and oxygen atoms in total. The molecule has 1 unspecified atom stereocenters. The van der Waals surface area contributed by atoms with Gasteiger partial charge in [-0.15, -0.1) is 0 Å². The van der Waals surface area contributed by atoms with E-state index in [-0.39, 0.29) is 18.1 Å². The Labute approximate surface area is 104 Å². The van der Waals surface area contributed by atoms with E-state index >= 15 is 0 Å². The smallest absolute Gasteiger partial charge is 0.311 e. The molecule has 1 aromatic heterocycles. The van der Waals surface area contributed by atoms with Gasteiger partial charge in [-0.25, -0.2) is 4.98 Å². The van der Waals surface area contributed by atoms with Crippen molar-refractivity contribution >= 4 is 17.3 Å². The van der Waals surface area contributed by atoms with Crippen LogP contribution in [-0.2, 0) is 0 Å². The van der Waals surface area contributed by atoms with E-state index in [0.29, 0.717) is 11.7 Å². The maximum atomic E-state index is 10.9. The molecule has 1 heterocycles. The summed E-state index contributed by atoms with van der Waals surface area (Å²) in [4.78, 5) is 14.5. The first-order chi connectivity index (χ1) is 8.61. The molecule has 0 radical (unpaired) electrons. The van der Waals surface area contributed by atoms with Gasteiger partial charge in [-0.3, -0.25) is 10.1 Å². The second-order valence-corrected chi connectivity index (χ2v) is 4.36. The van der Waals surface area contributed by atoms with Gasteiger partial charge in [0.1, 0.15) is 5.82 Å². The Morgan fingerprint density at radius 1 is 1.61 bits per heavy atom. The van der Waals surface area contributed by atoms with Gasteiger partial charge in [0.2, 0.25) is 5.82 Å². The molecule has 7 heteroatoms. The van der Waals surface area contributed by atoms with Crippen molar-refractivity contribution in [2.24, 2.45) is 5.92 Å². The molecule has 1 aliphatic rings. The molecule has 1 fully saturated rings. The Bertz CT molecular complexity index is 448. The van der Waals surface area contributed by atoms with Crippen LogP contribution < -0.4 is 10.6 Å². The molecule has 0 saturated heterocycles. The molecule has 0 bridgehead atoms. The molecular weight excluding hydrogens is 236 g/mol. The number of nitro groups is 1. The molecular formula is C11H16N4O3. The van der Waals surface area contributed by atoms with Gasteiger partial charge in [0.15, 0.2) is 0 Å². The van der Waals surface area contributed by atoms with E-state index < -0.39 is 11.0 Å². The minimum atomic E-state index is -0.488. The van der Waals surface area contributed by atoms with Crippen LogP contribution in [-0.4, -0.2) is 34.7 Å². The monoisotopic (exact) mass is 252 g/mol. The second kappa shape index (κ2) is 5.18. The van der Waals surface area contributed by atoms with Crippen LogP contribution in [0.5, 0.6) is 0 Å². The summed E-state index contributed by atoms with van der Waals surface area (Å²) in [5.74, 6) is 1.06. The Balaban J connectivity index is 2.09. The SMILES string of the molecule is CNc1ccc([N+](=O)[O-])c(NCC(O)C2CC2)n1. The molecule has 0 aliphatic heterocycles. The van der Waals surface area contributed by atoms with Gasteiger partial charge in [-0.05, 0) is 24.8 Å². The second-order valence-electron chi connectivity index (χ2n) is 4.36. The van der Waals surface area contributed by atoms with Crippen LogP contribution in [0.1, 0.15) is 12.8 Å². The Morgan fingerprint density at radius 2 is 2.33 bits per heavy atom. The van der Waals surface area contributed by atoms with Gasteiger partial charge in [-0.2, -0.15) is 0 Å². The van der Waals surface area contributed by atoms with Crippen molar-refractivity contribution in [3.8, 4) is 0 Å². The molecule has 3 N–H and O–H groups in total. The minimum absolute atomic E-state index is 0.0861. The van der Waals surface area contributed by atoms with Crippen LogP contribution in [0.15, 0.2) is 12.1 Å². The lowest BCUT2D eigenvalue weighted by Crippen LogP contribution is -2.22. The summed E-state index contributed by atoms with van der Waals surface area (Å²) in [6.07, 6.45) is 1.58. The highest BCUT2D eigenvalue weighted by molar-refractivity contribution is 5.60. The Morgan fingerprint density at radius 3 is 2.89 bits per heavy atom. The van der Waals surface area contributed by atoms with Crippen molar-refractivity contribution < 1.29 is 10.0 Å². The fourth-order valence-corrected chi connectivity index (χ4v) is 1.72. The zero-order chi connectivity index (χ0) is 13.1. The molecule has 18 heavy (non-hydrogen) atoms. The Hall–Kier alpha value is -1.89. The average molecular weight is 252 g/mol. The number of aliphatic hydroxyl groups is 1. The number of aliphatic hydroxyl groups excluding tert-OH is 1. The van der Waals surface area contributed by atoms with Crippen molar-refractivity contribution in [3.05, 3.63) is 22.2 Å². The van der Waals surface area contributed by atoms with Crippen LogP contribution in [0.25, 0.3) is 0 Å². The molecule has 1 aromatic rings. The van der Waals surface area contributed by atoms with E-state index in [1.54, 1.807) is 13.1 Å². The first kappa shape index (κ1) is 12.6. The van der Waals surface area contributed by atoms with Crippen molar-refractivity contribution in [3.63, 3.8) is 0 Å². The zero-order valence-electron chi connectivity index (χ0n) is 10.1. The largest absolute Gasteiger partial charge is 0.391 e.